The number of rotatable bonds is 5. The van der Waals surface area contributed by atoms with Crippen molar-refractivity contribution in [3.8, 4) is 0 Å². The highest BCUT2D eigenvalue weighted by atomic mass is 16.5. The zero-order valence-corrected chi connectivity index (χ0v) is 13.9. The first-order valence-electron chi connectivity index (χ1n) is 8.75. The minimum atomic E-state index is 0.547. The summed E-state index contributed by atoms with van der Waals surface area (Å²) in [5.41, 5.74) is 0. The van der Waals surface area contributed by atoms with Crippen LogP contribution in [0.3, 0.4) is 0 Å². The molecule has 5 rings (SSSR count). The molecule has 3 aliphatic rings. The van der Waals surface area contributed by atoms with Gasteiger partial charge >= 0.3 is 0 Å². The second-order valence-corrected chi connectivity index (χ2v) is 7.41. The number of aromatic nitrogens is 6. The van der Waals surface area contributed by atoms with Gasteiger partial charge in [-0.3, -0.25) is 9.80 Å². The van der Waals surface area contributed by atoms with Crippen molar-refractivity contribution in [1.82, 2.24) is 40.1 Å². The van der Waals surface area contributed by atoms with Crippen LogP contribution in [0.15, 0.2) is 4.52 Å². The van der Waals surface area contributed by atoms with E-state index < -0.39 is 0 Å². The van der Waals surface area contributed by atoms with E-state index >= 15 is 0 Å². The van der Waals surface area contributed by atoms with Crippen LogP contribution in [0.25, 0.3) is 0 Å². The first kappa shape index (κ1) is 14.5. The lowest BCUT2D eigenvalue weighted by Crippen LogP contribution is -2.29. The third-order valence-electron chi connectivity index (χ3n) is 5.39. The van der Waals surface area contributed by atoms with Gasteiger partial charge in [0.2, 0.25) is 5.89 Å². The molecule has 0 bridgehead atoms. The summed E-state index contributed by atoms with van der Waals surface area (Å²) in [5.74, 6) is 3.92. The molecular formula is C15H22N8O. The SMILES string of the molecule is Cc1nc(CN2C[C@@H]3CN(Cc4nnnn4C4CC4)C[C@@H]3C2)no1. The van der Waals surface area contributed by atoms with Crippen molar-refractivity contribution in [3.05, 3.63) is 17.5 Å². The van der Waals surface area contributed by atoms with E-state index in [9.17, 15) is 0 Å². The van der Waals surface area contributed by atoms with Crippen molar-refractivity contribution in [2.75, 3.05) is 26.2 Å². The van der Waals surface area contributed by atoms with Crippen LogP contribution in [-0.2, 0) is 13.1 Å². The van der Waals surface area contributed by atoms with Crippen molar-refractivity contribution >= 4 is 0 Å². The molecule has 0 amide bonds. The predicted octanol–water partition coefficient (Wildman–Crippen LogP) is 0.263. The highest BCUT2D eigenvalue weighted by Gasteiger charge is 2.40. The van der Waals surface area contributed by atoms with Gasteiger partial charge < -0.3 is 4.52 Å². The second-order valence-electron chi connectivity index (χ2n) is 7.41. The maximum absolute atomic E-state index is 5.06. The van der Waals surface area contributed by atoms with E-state index in [1.165, 1.54) is 12.8 Å². The molecule has 0 N–H and O–H groups in total. The highest BCUT2D eigenvalue weighted by molar-refractivity contribution is 4.97. The van der Waals surface area contributed by atoms with Crippen molar-refractivity contribution in [2.45, 2.75) is 38.9 Å². The average Bonchev–Trinajstić information content (AvgIpc) is 2.86. The summed E-state index contributed by atoms with van der Waals surface area (Å²) >= 11 is 0. The average molecular weight is 330 g/mol. The van der Waals surface area contributed by atoms with Crippen molar-refractivity contribution < 1.29 is 4.52 Å². The lowest BCUT2D eigenvalue weighted by atomic mass is 10.0. The molecular weight excluding hydrogens is 308 g/mol. The summed E-state index contributed by atoms with van der Waals surface area (Å²) in [6.45, 7) is 7.99. The molecule has 2 aromatic rings. The summed E-state index contributed by atoms with van der Waals surface area (Å²) < 4.78 is 7.09. The van der Waals surface area contributed by atoms with Gasteiger partial charge in [0.1, 0.15) is 0 Å². The Hall–Kier alpha value is -1.87. The predicted molar refractivity (Wildman–Crippen MR) is 82.7 cm³/mol. The molecule has 2 aromatic heterocycles. The molecule has 1 aliphatic carbocycles. The van der Waals surface area contributed by atoms with Crippen LogP contribution in [0.4, 0.5) is 0 Å². The molecule has 128 valence electrons. The lowest BCUT2D eigenvalue weighted by molar-refractivity contribution is 0.235. The number of tetrazole rings is 1. The number of fused-ring (bicyclic) bond motifs is 1. The normalized spacial score (nSPS) is 27.9. The van der Waals surface area contributed by atoms with E-state index in [1.54, 1.807) is 0 Å². The minimum Gasteiger partial charge on any atom is -0.340 e. The summed E-state index contributed by atoms with van der Waals surface area (Å²) in [5, 5.41) is 16.3. The van der Waals surface area contributed by atoms with Gasteiger partial charge in [0.25, 0.3) is 0 Å². The lowest BCUT2D eigenvalue weighted by Gasteiger charge is -2.19. The van der Waals surface area contributed by atoms with Gasteiger partial charge in [-0.2, -0.15) is 4.98 Å². The number of nitrogens with zero attached hydrogens (tertiary/aromatic N) is 8. The van der Waals surface area contributed by atoms with Crippen LogP contribution in [0.1, 0.15) is 36.4 Å². The summed E-state index contributed by atoms with van der Waals surface area (Å²) in [6, 6.07) is 0.547. The second kappa shape index (κ2) is 5.59. The fourth-order valence-corrected chi connectivity index (χ4v) is 4.17. The molecule has 0 unspecified atom stereocenters. The Labute approximate surface area is 140 Å². The molecule has 0 spiro atoms. The Morgan fingerprint density at radius 1 is 1.04 bits per heavy atom. The topological polar surface area (TPSA) is 89.0 Å². The van der Waals surface area contributed by atoms with Gasteiger partial charge in [0, 0.05) is 33.1 Å². The van der Waals surface area contributed by atoms with E-state index in [0.717, 1.165) is 62.8 Å². The van der Waals surface area contributed by atoms with E-state index in [-0.39, 0.29) is 0 Å². The molecule has 9 heteroatoms. The van der Waals surface area contributed by atoms with Crippen molar-refractivity contribution in [1.29, 1.82) is 0 Å². The van der Waals surface area contributed by atoms with Gasteiger partial charge in [-0.1, -0.05) is 5.16 Å². The van der Waals surface area contributed by atoms with Crippen LogP contribution in [0.2, 0.25) is 0 Å². The third-order valence-corrected chi connectivity index (χ3v) is 5.39. The summed E-state index contributed by atoms with van der Waals surface area (Å²) in [4.78, 5) is 9.27. The third kappa shape index (κ3) is 2.71. The minimum absolute atomic E-state index is 0.547. The molecule has 24 heavy (non-hydrogen) atoms. The van der Waals surface area contributed by atoms with E-state index in [0.29, 0.717) is 11.9 Å². The van der Waals surface area contributed by atoms with E-state index in [2.05, 4.69) is 35.5 Å². The Morgan fingerprint density at radius 2 is 1.75 bits per heavy atom. The molecule has 9 nitrogen and oxygen atoms in total. The van der Waals surface area contributed by atoms with Gasteiger partial charge in [0.15, 0.2) is 11.6 Å². The maximum atomic E-state index is 5.06. The highest BCUT2D eigenvalue weighted by Crippen LogP contribution is 2.36. The quantitative estimate of drug-likeness (QED) is 0.771. The van der Waals surface area contributed by atoms with Gasteiger partial charge in [-0.05, 0) is 35.1 Å². The molecule has 0 aromatic carbocycles. The van der Waals surface area contributed by atoms with Gasteiger partial charge in [-0.15, -0.1) is 5.10 Å². The number of aryl methyl sites for hydroxylation is 1. The molecule has 2 aliphatic heterocycles. The Bertz CT molecular complexity index is 709. The van der Waals surface area contributed by atoms with E-state index in [1.807, 2.05) is 11.6 Å². The maximum Gasteiger partial charge on any atom is 0.223 e. The van der Waals surface area contributed by atoms with Gasteiger partial charge in [-0.25, -0.2) is 4.68 Å². The molecule has 1 saturated carbocycles. The van der Waals surface area contributed by atoms with Crippen molar-refractivity contribution in [3.63, 3.8) is 0 Å². The van der Waals surface area contributed by atoms with Gasteiger partial charge in [0.05, 0.1) is 19.1 Å². The van der Waals surface area contributed by atoms with Crippen LogP contribution in [-0.4, -0.2) is 66.3 Å². The molecule has 3 fully saturated rings. The number of hydrogen-bond donors (Lipinski definition) is 0. The van der Waals surface area contributed by atoms with Crippen LogP contribution < -0.4 is 0 Å². The van der Waals surface area contributed by atoms with Crippen molar-refractivity contribution in [2.24, 2.45) is 11.8 Å². The molecule has 4 heterocycles. The fraction of sp³-hybridized carbons (Fsp3) is 0.800. The number of hydrogen-bond acceptors (Lipinski definition) is 8. The van der Waals surface area contributed by atoms with E-state index in [4.69, 9.17) is 4.52 Å². The Morgan fingerprint density at radius 3 is 2.38 bits per heavy atom. The molecule has 2 atom stereocenters. The van der Waals surface area contributed by atoms with Crippen LogP contribution in [0.5, 0.6) is 0 Å². The fourth-order valence-electron chi connectivity index (χ4n) is 4.17. The first-order chi connectivity index (χ1) is 11.7. The summed E-state index contributed by atoms with van der Waals surface area (Å²) in [7, 11) is 0. The molecule has 0 radical (unpaired) electrons. The Balaban J connectivity index is 1.17. The number of likely N-dealkylation sites (tertiary alicyclic amines) is 2. The molecule has 2 saturated heterocycles. The zero-order chi connectivity index (χ0) is 16.1. The largest absolute Gasteiger partial charge is 0.340 e. The van der Waals surface area contributed by atoms with Crippen LogP contribution in [0, 0.1) is 18.8 Å². The smallest absolute Gasteiger partial charge is 0.223 e. The van der Waals surface area contributed by atoms with Crippen LogP contribution >= 0.6 is 0 Å². The standard InChI is InChI=1S/C15H22N8O/c1-10-16-14(18-24-10)8-21-4-11-6-22(7-12(11)5-21)9-15-17-19-20-23(15)13-2-3-13/h11-13H,2-9H2,1H3/t11-,12+. The monoisotopic (exact) mass is 330 g/mol. The summed E-state index contributed by atoms with van der Waals surface area (Å²) in [6.07, 6.45) is 2.43. The Kier molecular flexibility index (Phi) is 3.37. The zero-order valence-electron chi connectivity index (χ0n) is 13.9. The first-order valence-corrected chi connectivity index (χ1v) is 8.75.